The third kappa shape index (κ3) is 5.79. The largest absolute Gasteiger partial charge is 0.457 e. The van der Waals surface area contributed by atoms with Gasteiger partial charge in [0, 0.05) is 51.3 Å². The third-order valence-corrected chi connectivity index (χ3v) is 6.72. The summed E-state index contributed by atoms with van der Waals surface area (Å²) in [5, 5.41) is 6.25. The number of hydrogen-bond acceptors (Lipinski definition) is 7. The predicted molar refractivity (Wildman–Crippen MR) is 149 cm³/mol. The Morgan fingerprint density at radius 1 is 1.05 bits per heavy atom. The zero-order valence-corrected chi connectivity index (χ0v) is 22.5. The minimum absolute atomic E-state index is 0.108. The molecule has 38 heavy (non-hydrogen) atoms. The van der Waals surface area contributed by atoms with Gasteiger partial charge >= 0.3 is 0 Å². The molecule has 1 fully saturated rings. The van der Waals surface area contributed by atoms with E-state index in [1.165, 1.54) is 5.56 Å². The average molecular weight is 515 g/mol. The van der Waals surface area contributed by atoms with Crippen molar-refractivity contribution in [2.45, 2.75) is 32.3 Å². The minimum Gasteiger partial charge on any atom is -0.457 e. The second kappa shape index (κ2) is 10.4. The summed E-state index contributed by atoms with van der Waals surface area (Å²) < 4.78 is 13.3. The van der Waals surface area contributed by atoms with E-state index in [-0.39, 0.29) is 17.4 Å². The summed E-state index contributed by atoms with van der Waals surface area (Å²) in [6, 6.07) is 17.7. The van der Waals surface area contributed by atoms with E-state index in [4.69, 9.17) is 14.5 Å². The number of amides is 1. The van der Waals surface area contributed by atoms with Gasteiger partial charge in [0.15, 0.2) is 0 Å². The highest BCUT2D eigenvalue weighted by molar-refractivity contribution is 5.91. The molecule has 5 rings (SSSR count). The van der Waals surface area contributed by atoms with Crippen molar-refractivity contribution in [2.75, 3.05) is 37.4 Å². The number of likely N-dealkylation sites (tertiary alicyclic amines) is 1. The van der Waals surface area contributed by atoms with Crippen LogP contribution in [0, 0.1) is 0 Å². The highest BCUT2D eigenvalue weighted by Gasteiger charge is 2.27. The molecule has 9 nitrogen and oxygen atoms in total. The Bertz CT molecular complexity index is 1440. The smallest absolute Gasteiger partial charge is 0.239 e. The van der Waals surface area contributed by atoms with Crippen LogP contribution in [0.15, 0.2) is 60.8 Å². The van der Waals surface area contributed by atoms with Crippen molar-refractivity contribution in [3.63, 3.8) is 0 Å². The zero-order chi connectivity index (χ0) is 26.9. The topological polar surface area (TPSA) is 93.5 Å². The Labute approximate surface area is 222 Å². The standard InChI is InChI=1S/C29H34N6O3/c1-29(2,3)19-6-8-20(9-7-19)31-28-32-24-14-21(10-11-25(24)34(28)4)38-22-12-13-30-26(15-22)33-27(36)18-35-16-23(17-35)37-5/h6-15,23H,16-18H2,1-5H3,(H,31,32)(H,30,33,36). The molecule has 3 heterocycles. The molecule has 0 saturated carbocycles. The lowest BCUT2D eigenvalue weighted by Crippen LogP contribution is -2.54. The first kappa shape index (κ1) is 25.7. The van der Waals surface area contributed by atoms with Crippen LogP contribution in [0.4, 0.5) is 17.5 Å². The van der Waals surface area contributed by atoms with Gasteiger partial charge < -0.3 is 24.7 Å². The van der Waals surface area contributed by atoms with Crippen molar-refractivity contribution in [1.82, 2.24) is 19.4 Å². The van der Waals surface area contributed by atoms with Gasteiger partial charge in [-0.15, -0.1) is 0 Å². The van der Waals surface area contributed by atoms with Gasteiger partial charge in [-0.2, -0.15) is 0 Å². The summed E-state index contributed by atoms with van der Waals surface area (Å²) in [6.45, 7) is 8.44. The molecule has 1 aliphatic rings. The fourth-order valence-corrected chi connectivity index (χ4v) is 4.40. The van der Waals surface area contributed by atoms with Crippen molar-refractivity contribution in [1.29, 1.82) is 0 Å². The first-order chi connectivity index (χ1) is 18.2. The van der Waals surface area contributed by atoms with Crippen molar-refractivity contribution < 1.29 is 14.3 Å². The Morgan fingerprint density at radius 3 is 2.50 bits per heavy atom. The van der Waals surface area contributed by atoms with Crippen molar-refractivity contribution in [3.05, 3.63) is 66.4 Å². The Balaban J connectivity index is 1.25. The second-order valence-electron chi connectivity index (χ2n) is 10.7. The predicted octanol–water partition coefficient (Wildman–Crippen LogP) is 5.07. The number of hydrogen-bond donors (Lipinski definition) is 2. The van der Waals surface area contributed by atoms with Crippen LogP contribution >= 0.6 is 0 Å². The van der Waals surface area contributed by atoms with Crippen LogP contribution in [0.5, 0.6) is 11.5 Å². The quantitative estimate of drug-likeness (QED) is 0.339. The van der Waals surface area contributed by atoms with Crippen molar-refractivity contribution in [2.24, 2.45) is 7.05 Å². The number of methoxy groups -OCH3 is 1. The maximum atomic E-state index is 12.4. The number of fused-ring (bicyclic) bond motifs is 1. The van der Waals surface area contributed by atoms with E-state index in [2.05, 4.69) is 60.7 Å². The molecule has 198 valence electrons. The number of nitrogens with zero attached hydrogens (tertiary/aromatic N) is 4. The molecule has 2 N–H and O–H groups in total. The molecule has 2 aromatic carbocycles. The van der Waals surface area contributed by atoms with E-state index in [1.807, 2.05) is 34.7 Å². The maximum Gasteiger partial charge on any atom is 0.239 e. The lowest BCUT2D eigenvalue weighted by Gasteiger charge is -2.37. The van der Waals surface area contributed by atoms with Crippen LogP contribution in [0.2, 0.25) is 0 Å². The number of pyridine rings is 1. The van der Waals surface area contributed by atoms with Gasteiger partial charge in [-0.1, -0.05) is 32.9 Å². The number of imidazole rings is 1. The van der Waals surface area contributed by atoms with Gasteiger partial charge in [-0.05, 0) is 41.3 Å². The molecule has 9 heteroatoms. The highest BCUT2D eigenvalue weighted by Crippen LogP contribution is 2.29. The van der Waals surface area contributed by atoms with E-state index < -0.39 is 0 Å². The first-order valence-corrected chi connectivity index (χ1v) is 12.7. The van der Waals surface area contributed by atoms with Gasteiger partial charge in [0.05, 0.1) is 23.7 Å². The fourth-order valence-electron chi connectivity index (χ4n) is 4.40. The Morgan fingerprint density at radius 2 is 1.79 bits per heavy atom. The van der Waals surface area contributed by atoms with Crippen molar-refractivity contribution >= 4 is 34.4 Å². The number of aryl methyl sites for hydroxylation is 1. The van der Waals surface area contributed by atoms with E-state index >= 15 is 0 Å². The molecule has 0 spiro atoms. The summed E-state index contributed by atoms with van der Waals surface area (Å²) in [5.74, 6) is 2.29. The number of aromatic nitrogens is 3. The zero-order valence-electron chi connectivity index (χ0n) is 22.5. The number of anilines is 3. The monoisotopic (exact) mass is 514 g/mol. The fraction of sp³-hybridized carbons (Fsp3) is 0.345. The lowest BCUT2D eigenvalue weighted by molar-refractivity contribution is -0.120. The van der Waals surface area contributed by atoms with Crippen LogP contribution in [0.25, 0.3) is 11.0 Å². The molecule has 2 aromatic heterocycles. The summed E-state index contributed by atoms with van der Waals surface area (Å²) in [6.07, 6.45) is 1.82. The number of carbonyl (C=O) groups is 1. The maximum absolute atomic E-state index is 12.4. The third-order valence-electron chi connectivity index (χ3n) is 6.72. The number of nitrogens with one attached hydrogen (secondary N) is 2. The molecule has 1 saturated heterocycles. The molecule has 4 aromatic rings. The Hall–Kier alpha value is -3.95. The molecule has 0 radical (unpaired) electrons. The Kier molecular flexibility index (Phi) is 7.05. The van der Waals surface area contributed by atoms with E-state index in [0.29, 0.717) is 23.9 Å². The van der Waals surface area contributed by atoms with Crippen LogP contribution in [-0.2, 0) is 22.0 Å². The minimum atomic E-state index is -0.118. The molecule has 0 unspecified atom stereocenters. The van der Waals surface area contributed by atoms with Crippen molar-refractivity contribution in [3.8, 4) is 11.5 Å². The number of rotatable bonds is 8. The summed E-state index contributed by atoms with van der Waals surface area (Å²) in [5.41, 5.74) is 4.16. The van der Waals surface area contributed by atoms with Crippen LogP contribution in [-0.4, -0.2) is 58.2 Å². The second-order valence-corrected chi connectivity index (χ2v) is 10.7. The average Bonchev–Trinajstić information content (AvgIpc) is 3.15. The lowest BCUT2D eigenvalue weighted by atomic mass is 9.87. The SMILES string of the molecule is COC1CN(CC(=O)Nc2cc(Oc3ccc4c(c3)nc(Nc3ccc(C(C)(C)C)cc3)n4C)ccn2)C1. The van der Waals surface area contributed by atoms with Gasteiger partial charge in [0.25, 0.3) is 0 Å². The van der Waals surface area contributed by atoms with Crippen LogP contribution < -0.4 is 15.4 Å². The number of ether oxygens (including phenoxy) is 2. The molecule has 0 atom stereocenters. The van der Waals surface area contributed by atoms with E-state index in [0.717, 1.165) is 35.8 Å². The molecule has 1 amide bonds. The number of benzene rings is 2. The molecule has 0 aliphatic carbocycles. The summed E-state index contributed by atoms with van der Waals surface area (Å²) in [4.78, 5) is 23.4. The summed E-state index contributed by atoms with van der Waals surface area (Å²) >= 11 is 0. The van der Waals surface area contributed by atoms with E-state index in [1.54, 1.807) is 25.4 Å². The van der Waals surface area contributed by atoms with E-state index in [9.17, 15) is 4.79 Å². The molecular formula is C29H34N6O3. The van der Waals surface area contributed by atoms with Crippen LogP contribution in [0.3, 0.4) is 0 Å². The molecule has 1 aliphatic heterocycles. The molecule has 0 bridgehead atoms. The van der Waals surface area contributed by atoms with Crippen LogP contribution in [0.1, 0.15) is 26.3 Å². The van der Waals surface area contributed by atoms with Gasteiger partial charge in [-0.3, -0.25) is 9.69 Å². The highest BCUT2D eigenvalue weighted by atomic mass is 16.5. The van der Waals surface area contributed by atoms with Gasteiger partial charge in [0.1, 0.15) is 17.3 Å². The first-order valence-electron chi connectivity index (χ1n) is 12.7. The normalized spacial score (nSPS) is 14.3. The van der Waals surface area contributed by atoms with Gasteiger partial charge in [0.2, 0.25) is 11.9 Å². The number of carbonyl (C=O) groups excluding carboxylic acids is 1. The summed E-state index contributed by atoms with van der Waals surface area (Å²) in [7, 11) is 3.67. The van der Waals surface area contributed by atoms with Gasteiger partial charge in [-0.25, -0.2) is 9.97 Å². The molecular weight excluding hydrogens is 480 g/mol.